The second kappa shape index (κ2) is 23.1. The normalized spacial score (nSPS) is 11.0. The van der Waals surface area contributed by atoms with Gasteiger partial charge in [-0.15, -0.1) is 0 Å². The molecule has 1 aromatic rings. The van der Waals surface area contributed by atoms with Crippen LogP contribution in [0.25, 0.3) is 0 Å². The van der Waals surface area contributed by atoms with E-state index in [1.165, 1.54) is 57.8 Å². The van der Waals surface area contributed by atoms with Crippen molar-refractivity contribution in [3.05, 3.63) is 24.3 Å². The molecule has 37 heavy (non-hydrogen) atoms. The number of carbonyl (C=O) groups is 2. The number of rotatable bonds is 24. The summed E-state index contributed by atoms with van der Waals surface area (Å²) in [5.41, 5.74) is 0. The van der Waals surface area contributed by atoms with E-state index in [1.54, 1.807) is 12.1 Å². The van der Waals surface area contributed by atoms with Crippen LogP contribution in [0.5, 0.6) is 11.5 Å². The van der Waals surface area contributed by atoms with Gasteiger partial charge in [0.05, 0.1) is 12.7 Å². The Morgan fingerprint density at radius 3 is 1.54 bits per heavy atom. The van der Waals surface area contributed by atoms with Crippen LogP contribution in [-0.4, -0.2) is 24.6 Å². The first kappa shape index (κ1) is 33.0. The first-order valence-electron chi connectivity index (χ1n) is 15.1. The molecule has 0 aliphatic rings. The van der Waals surface area contributed by atoms with Gasteiger partial charge in [0.2, 0.25) is 0 Å². The minimum Gasteiger partial charge on any atom is -0.491 e. The van der Waals surface area contributed by atoms with E-state index in [4.69, 9.17) is 14.2 Å². The zero-order chi connectivity index (χ0) is 27.0. The van der Waals surface area contributed by atoms with Crippen molar-refractivity contribution in [1.29, 1.82) is 0 Å². The van der Waals surface area contributed by atoms with Crippen molar-refractivity contribution in [1.82, 2.24) is 0 Å². The van der Waals surface area contributed by atoms with E-state index < -0.39 is 0 Å². The Balaban J connectivity index is 1.86. The smallest absolute Gasteiger partial charge is 0.311 e. The summed E-state index contributed by atoms with van der Waals surface area (Å²) in [6, 6.07) is 7.16. The van der Waals surface area contributed by atoms with E-state index in [-0.39, 0.29) is 18.0 Å². The van der Waals surface area contributed by atoms with Gasteiger partial charge in [-0.1, -0.05) is 96.8 Å². The van der Waals surface area contributed by atoms with E-state index in [0.29, 0.717) is 25.2 Å². The number of benzene rings is 1. The lowest BCUT2D eigenvalue weighted by Crippen LogP contribution is -2.08. The molecule has 1 aromatic carbocycles. The lowest BCUT2D eigenvalue weighted by atomic mass is 10.1. The second-order valence-corrected chi connectivity index (χ2v) is 10.5. The van der Waals surface area contributed by atoms with Crippen molar-refractivity contribution in [2.75, 3.05) is 6.61 Å². The quantitative estimate of drug-likeness (QED) is 0.0775. The number of hydrogen-bond donors (Lipinski definition) is 0. The van der Waals surface area contributed by atoms with Crippen LogP contribution in [0.3, 0.4) is 0 Å². The predicted molar refractivity (Wildman–Crippen MR) is 152 cm³/mol. The molecular formula is C32H54O5. The fraction of sp³-hybridized carbons (Fsp3) is 0.750. The molecule has 0 radical (unpaired) electrons. The van der Waals surface area contributed by atoms with Crippen molar-refractivity contribution < 1.29 is 23.8 Å². The van der Waals surface area contributed by atoms with Crippen LogP contribution >= 0.6 is 0 Å². The molecule has 5 nitrogen and oxygen atoms in total. The Morgan fingerprint density at radius 1 is 0.595 bits per heavy atom. The summed E-state index contributed by atoms with van der Waals surface area (Å²) in [6.07, 6.45) is 21.3. The molecule has 0 saturated heterocycles. The molecule has 0 amide bonds. The molecule has 0 aromatic heterocycles. The van der Waals surface area contributed by atoms with Crippen molar-refractivity contribution in [3.63, 3.8) is 0 Å². The lowest BCUT2D eigenvalue weighted by Gasteiger charge is -2.10. The third-order valence-electron chi connectivity index (χ3n) is 6.45. The number of hydrogen-bond acceptors (Lipinski definition) is 5. The maximum absolute atomic E-state index is 12.0. The summed E-state index contributed by atoms with van der Waals surface area (Å²) in [5.74, 6) is 1.07. The summed E-state index contributed by atoms with van der Waals surface area (Å²) in [7, 11) is 0. The number of ether oxygens (including phenoxy) is 3. The van der Waals surface area contributed by atoms with Gasteiger partial charge in [-0.05, 0) is 57.4 Å². The zero-order valence-electron chi connectivity index (χ0n) is 24.1. The largest absolute Gasteiger partial charge is 0.491 e. The second-order valence-electron chi connectivity index (χ2n) is 10.5. The molecule has 0 saturated carbocycles. The molecule has 0 spiro atoms. The summed E-state index contributed by atoms with van der Waals surface area (Å²) in [4.78, 5) is 23.9. The van der Waals surface area contributed by atoms with Gasteiger partial charge in [0.1, 0.15) is 11.5 Å². The SMILES string of the molecule is CCCCCCCCCCCCCOC(=O)CCCCCCCCC(=O)Oc1ccc(OC(C)C)cc1. The molecule has 1 rings (SSSR count). The average molecular weight is 519 g/mol. The summed E-state index contributed by atoms with van der Waals surface area (Å²) in [5, 5.41) is 0. The van der Waals surface area contributed by atoms with Crippen LogP contribution < -0.4 is 9.47 Å². The number of carbonyl (C=O) groups excluding carboxylic acids is 2. The fourth-order valence-corrected chi connectivity index (χ4v) is 4.31. The van der Waals surface area contributed by atoms with E-state index >= 15 is 0 Å². The van der Waals surface area contributed by atoms with Gasteiger partial charge in [-0.25, -0.2) is 0 Å². The van der Waals surface area contributed by atoms with Crippen molar-refractivity contribution in [2.24, 2.45) is 0 Å². The van der Waals surface area contributed by atoms with Crippen LogP contribution in [0.15, 0.2) is 24.3 Å². The first-order chi connectivity index (χ1) is 18.0. The molecule has 0 N–H and O–H groups in total. The van der Waals surface area contributed by atoms with E-state index in [2.05, 4.69) is 6.92 Å². The third-order valence-corrected chi connectivity index (χ3v) is 6.45. The predicted octanol–water partition coefficient (Wildman–Crippen LogP) is 9.35. The van der Waals surface area contributed by atoms with Gasteiger partial charge < -0.3 is 14.2 Å². The lowest BCUT2D eigenvalue weighted by molar-refractivity contribution is -0.144. The summed E-state index contributed by atoms with van der Waals surface area (Å²) >= 11 is 0. The topological polar surface area (TPSA) is 61.8 Å². The highest BCUT2D eigenvalue weighted by Crippen LogP contribution is 2.19. The van der Waals surface area contributed by atoms with Gasteiger partial charge in [0.25, 0.3) is 0 Å². The maximum atomic E-state index is 12.0. The molecule has 0 bridgehead atoms. The molecule has 0 heterocycles. The Bertz CT molecular complexity index is 683. The molecule has 0 atom stereocenters. The fourth-order valence-electron chi connectivity index (χ4n) is 4.31. The molecular weight excluding hydrogens is 464 g/mol. The first-order valence-corrected chi connectivity index (χ1v) is 15.1. The standard InChI is InChI=1S/C32H54O5/c1-4-5-6-7-8-9-10-11-14-17-20-27-35-31(33)21-18-15-12-13-16-19-22-32(34)37-30-25-23-29(24-26-30)36-28(2)3/h23-26,28H,4-22,27H2,1-3H3. The van der Waals surface area contributed by atoms with Gasteiger partial charge in [0.15, 0.2) is 0 Å². The average Bonchev–Trinajstić information content (AvgIpc) is 2.87. The van der Waals surface area contributed by atoms with Gasteiger partial charge in [-0.3, -0.25) is 9.59 Å². The molecule has 0 aliphatic heterocycles. The highest BCUT2D eigenvalue weighted by atomic mass is 16.5. The Labute approximate surface area is 227 Å². The van der Waals surface area contributed by atoms with Crippen molar-refractivity contribution in [2.45, 2.75) is 149 Å². The van der Waals surface area contributed by atoms with Crippen LogP contribution in [0.1, 0.15) is 143 Å². The van der Waals surface area contributed by atoms with E-state index in [9.17, 15) is 9.59 Å². The maximum Gasteiger partial charge on any atom is 0.311 e. The monoisotopic (exact) mass is 518 g/mol. The Kier molecular flexibility index (Phi) is 20.6. The summed E-state index contributed by atoms with van der Waals surface area (Å²) < 4.78 is 16.3. The van der Waals surface area contributed by atoms with Crippen LogP contribution in [-0.2, 0) is 14.3 Å². The third kappa shape index (κ3) is 20.7. The molecule has 212 valence electrons. The van der Waals surface area contributed by atoms with Crippen LogP contribution in [0, 0.1) is 0 Å². The minimum atomic E-state index is -0.196. The Hall–Kier alpha value is -2.04. The van der Waals surface area contributed by atoms with Crippen LogP contribution in [0.4, 0.5) is 0 Å². The van der Waals surface area contributed by atoms with Gasteiger partial charge >= 0.3 is 11.9 Å². The molecule has 0 aliphatic carbocycles. The number of unbranched alkanes of at least 4 members (excludes halogenated alkanes) is 15. The minimum absolute atomic E-state index is 0.0568. The van der Waals surface area contributed by atoms with Crippen molar-refractivity contribution >= 4 is 11.9 Å². The van der Waals surface area contributed by atoms with E-state index in [0.717, 1.165) is 57.1 Å². The molecule has 0 fully saturated rings. The molecule has 5 heteroatoms. The summed E-state index contributed by atoms with van der Waals surface area (Å²) in [6.45, 7) is 6.78. The zero-order valence-corrected chi connectivity index (χ0v) is 24.1. The van der Waals surface area contributed by atoms with Crippen molar-refractivity contribution in [3.8, 4) is 11.5 Å². The Morgan fingerprint density at radius 2 is 1.03 bits per heavy atom. The number of esters is 2. The van der Waals surface area contributed by atoms with E-state index in [1.807, 2.05) is 26.0 Å². The van der Waals surface area contributed by atoms with Gasteiger partial charge in [0, 0.05) is 12.8 Å². The van der Waals surface area contributed by atoms with Crippen LogP contribution in [0.2, 0.25) is 0 Å². The highest BCUT2D eigenvalue weighted by molar-refractivity contribution is 5.72. The molecule has 0 unspecified atom stereocenters. The highest BCUT2D eigenvalue weighted by Gasteiger charge is 2.06. The van der Waals surface area contributed by atoms with Gasteiger partial charge in [-0.2, -0.15) is 0 Å².